The van der Waals surface area contributed by atoms with Crippen molar-refractivity contribution in [1.82, 2.24) is 9.97 Å². The molecule has 2 unspecified atom stereocenters. The molecule has 3 nitrogen and oxygen atoms in total. The van der Waals surface area contributed by atoms with Gasteiger partial charge in [-0.2, -0.15) is 0 Å². The van der Waals surface area contributed by atoms with Gasteiger partial charge in [0, 0.05) is 18.4 Å². The summed E-state index contributed by atoms with van der Waals surface area (Å²) in [6.45, 7) is 2.30. The van der Waals surface area contributed by atoms with Crippen LogP contribution in [0.25, 0.3) is 0 Å². The summed E-state index contributed by atoms with van der Waals surface area (Å²) in [5.41, 5.74) is 2.31. The summed E-state index contributed by atoms with van der Waals surface area (Å²) in [5, 5.41) is 0. The summed E-state index contributed by atoms with van der Waals surface area (Å²) in [6.07, 6.45) is 7.95. The second-order valence-corrected chi connectivity index (χ2v) is 6.49. The normalized spacial score (nSPS) is 30.3. The molecule has 3 rings (SSSR count). The van der Waals surface area contributed by atoms with E-state index in [0.717, 1.165) is 36.1 Å². The molecule has 0 aliphatic heterocycles. The van der Waals surface area contributed by atoms with Crippen molar-refractivity contribution in [3.05, 3.63) is 21.7 Å². The topological polar surface area (TPSA) is 37.9 Å². The van der Waals surface area contributed by atoms with Gasteiger partial charge in [0.25, 0.3) is 0 Å². The Morgan fingerprint density at radius 3 is 2.95 bits per heavy atom. The summed E-state index contributed by atoms with van der Waals surface area (Å²) < 4.78 is 6.70. The number of aryl methyl sites for hydroxylation is 1. The molecule has 1 saturated carbocycles. The third-order valence-corrected chi connectivity index (χ3v) is 5.07. The largest absolute Gasteiger partial charge is 0.370 e. The van der Waals surface area contributed by atoms with E-state index in [1.54, 1.807) is 0 Å². The maximum atomic E-state index is 5.91. The van der Waals surface area contributed by atoms with E-state index >= 15 is 0 Å². The molecule has 2 aliphatic rings. The van der Waals surface area contributed by atoms with E-state index in [4.69, 9.17) is 17.0 Å². The van der Waals surface area contributed by atoms with Crippen LogP contribution in [-0.4, -0.2) is 17.1 Å². The zero-order valence-electron chi connectivity index (χ0n) is 11.8. The lowest BCUT2D eigenvalue weighted by molar-refractivity contribution is -0.0648. The van der Waals surface area contributed by atoms with Gasteiger partial charge in [-0.3, -0.25) is 0 Å². The molecule has 4 heteroatoms. The lowest BCUT2D eigenvalue weighted by atomic mass is 9.78. The van der Waals surface area contributed by atoms with Crippen LogP contribution in [0.5, 0.6) is 0 Å². The number of methoxy groups -OCH3 is 1. The third-order valence-electron chi connectivity index (χ3n) is 4.74. The third kappa shape index (κ3) is 2.25. The Kier molecular flexibility index (Phi) is 3.48. The zero-order valence-corrected chi connectivity index (χ0v) is 12.6. The van der Waals surface area contributed by atoms with Gasteiger partial charge in [0.2, 0.25) is 0 Å². The first-order valence-corrected chi connectivity index (χ1v) is 7.73. The van der Waals surface area contributed by atoms with E-state index in [9.17, 15) is 0 Å². The lowest BCUT2D eigenvalue weighted by Gasteiger charge is -2.38. The summed E-state index contributed by atoms with van der Waals surface area (Å²) in [4.78, 5) is 8.23. The number of fused-ring (bicyclic) bond motifs is 1. The quantitative estimate of drug-likeness (QED) is 0.839. The van der Waals surface area contributed by atoms with E-state index < -0.39 is 0 Å². The van der Waals surface area contributed by atoms with Crippen molar-refractivity contribution in [2.45, 2.75) is 57.5 Å². The van der Waals surface area contributed by atoms with Crippen LogP contribution in [0.2, 0.25) is 0 Å². The molecule has 2 atom stereocenters. The van der Waals surface area contributed by atoms with Gasteiger partial charge in [-0.25, -0.2) is 4.98 Å². The fourth-order valence-corrected chi connectivity index (χ4v) is 3.99. The molecule has 0 bridgehead atoms. The van der Waals surface area contributed by atoms with Crippen molar-refractivity contribution in [3.63, 3.8) is 0 Å². The maximum Gasteiger partial charge on any atom is 0.140 e. The fraction of sp³-hybridized carbons (Fsp3) is 0.733. The molecule has 0 amide bonds. The molecule has 1 aromatic heterocycles. The highest BCUT2D eigenvalue weighted by Gasteiger charge is 2.39. The van der Waals surface area contributed by atoms with Gasteiger partial charge >= 0.3 is 0 Å². The fourth-order valence-electron chi connectivity index (χ4n) is 3.67. The number of ether oxygens (including phenoxy) is 1. The Bertz CT molecular complexity index is 539. The summed E-state index contributed by atoms with van der Waals surface area (Å²) in [5.74, 6) is 1.65. The van der Waals surface area contributed by atoms with Crippen LogP contribution in [0.4, 0.5) is 0 Å². The number of aromatic nitrogens is 2. The molecular formula is C15H22N2OS. The number of hydrogen-bond acceptors (Lipinski definition) is 3. The average molecular weight is 278 g/mol. The Hall–Kier alpha value is -0.740. The highest BCUT2D eigenvalue weighted by molar-refractivity contribution is 7.71. The molecule has 104 valence electrons. The van der Waals surface area contributed by atoms with Crippen molar-refractivity contribution in [2.75, 3.05) is 7.11 Å². The van der Waals surface area contributed by atoms with Crippen molar-refractivity contribution >= 4 is 12.2 Å². The molecule has 1 heterocycles. The summed E-state index contributed by atoms with van der Waals surface area (Å²) >= 11 is 5.48. The molecule has 1 fully saturated rings. The first-order chi connectivity index (χ1) is 9.14. The SMILES string of the molecule is COC1(c2nc(=S)c3c([nH]2)CCC3)CCCC(C)C1. The Labute approximate surface area is 119 Å². The van der Waals surface area contributed by atoms with E-state index in [1.807, 2.05) is 7.11 Å². The molecule has 0 aromatic carbocycles. The highest BCUT2D eigenvalue weighted by Crippen LogP contribution is 2.41. The van der Waals surface area contributed by atoms with Crippen LogP contribution in [0.15, 0.2) is 0 Å². The number of H-pyrrole nitrogens is 1. The molecule has 1 aromatic rings. The first kappa shape index (κ1) is 13.3. The lowest BCUT2D eigenvalue weighted by Crippen LogP contribution is -2.36. The van der Waals surface area contributed by atoms with E-state index in [1.165, 1.54) is 30.5 Å². The van der Waals surface area contributed by atoms with Crippen LogP contribution in [0.1, 0.15) is 56.1 Å². The predicted octanol–water partition coefficient (Wildman–Crippen LogP) is 3.68. The summed E-state index contributed by atoms with van der Waals surface area (Å²) in [6, 6.07) is 0. The minimum atomic E-state index is -0.247. The van der Waals surface area contributed by atoms with Crippen molar-refractivity contribution in [3.8, 4) is 0 Å². The number of nitrogens with zero attached hydrogens (tertiary/aromatic N) is 1. The summed E-state index contributed by atoms with van der Waals surface area (Å²) in [7, 11) is 1.81. The van der Waals surface area contributed by atoms with Crippen LogP contribution < -0.4 is 0 Å². The Balaban J connectivity index is 2.04. The number of nitrogens with one attached hydrogen (secondary N) is 1. The van der Waals surface area contributed by atoms with E-state index in [2.05, 4.69) is 16.9 Å². The number of aromatic amines is 1. The number of rotatable bonds is 2. The van der Waals surface area contributed by atoms with Crippen LogP contribution in [-0.2, 0) is 23.2 Å². The predicted molar refractivity (Wildman–Crippen MR) is 77.8 cm³/mol. The Morgan fingerprint density at radius 1 is 1.37 bits per heavy atom. The average Bonchev–Trinajstić information content (AvgIpc) is 2.87. The maximum absolute atomic E-state index is 5.91. The number of hydrogen-bond donors (Lipinski definition) is 1. The Morgan fingerprint density at radius 2 is 2.21 bits per heavy atom. The van der Waals surface area contributed by atoms with Crippen molar-refractivity contribution in [2.24, 2.45) is 5.92 Å². The van der Waals surface area contributed by atoms with E-state index in [0.29, 0.717) is 5.92 Å². The molecule has 0 spiro atoms. The van der Waals surface area contributed by atoms with Crippen LogP contribution in [0, 0.1) is 10.6 Å². The minimum Gasteiger partial charge on any atom is -0.370 e. The van der Waals surface area contributed by atoms with Gasteiger partial charge in [0.1, 0.15) is 16.1 Å². The second kappa shape index (κ2) is 4.98. The molecule has 0 radical (unpaired) electrons. The second-order valence-electron chi connectivity index (χ2n) is 6.10. The van der Waals surface area contributed by atoms with Crippen LogP contribution in [0.3, 0.4) is 0 Å². The van der Waals surface area contributed by atoms with Gasteiger partial charge in [-0.05, 0) is 44.4 Å². The molecule has 1 N–H and O–H groups in total. The minimum absolute atomic E-state index is 0.247. The van der Waals surface area contributed by atoms with Gasteiger partial charge < -0.3 is 9.72 Å². The van der Waals surface area contributed by atoms with Gasteiger partial charge in [0.15, 0.2) is 0 Å². The van der Waals surface area contributed by atoms with Crippen molar-refractivity contribution in [1.29, 1.82) is 0 Å². The molecule has 0 saturated heterocycles. The van der Waals surface area contributed by atoms with Crippen molar-refractivity contribution < 1.29 is 4.74 Å². The monoisotopic (exact) mass is 278 g/mol. The molecule has 2 aliphatic carbocycles. The highest BCUT2D eigenvalue weighted by atomic mass is 32.1. The molecule has 19 heavy (non-hydrogen) atoms. The van der Waals surface area contributed by atoms with Gasteiger partial charge in [-0.15, -0.1) is 0 Å². The van der Waals surface area contributed by atoms with Gasteiger partial charge in [0.05, 0.1) is 0 Å². The molecular weight excluding hydrogens is 256 g/mol. The van der Waals surface area contributed by atoms with Gasteiger partial charge in [-0.1, -0.05) is 25.6 Å². The standard InChI is InChI=1S/C15H22N2OS/c1-10-5-4-8-15(9-10,18-2)14-16-12-7-3-6-11(12)13(19)17-14/h10H,3-9H2,1-2H3,(H,16,17,19). The smallest absolute Gasteiger partial charge is 0.140 e. The van der Waals surface area contributed by atoms with E-state index in [-0.39, 0.29) is 5.60 Å². The zero-order chi connectivity index (χ0) is 13.5. The first-order valence-electron chi connectivity index (χ1n) is 7.32. The van der Waals surface area contributed by atoms with Crippen LogP contribution >= 0.6 is 12.2 Å².